The Balaban J connectivity index is 2.28. The molecular weight excluding hydrogens is 287 g/mol. The lowest BCUT2D eigenvalue weighted by Gasteiger charge is -2.14. The molecule has 1 N–H and O–H groups in total. The molecule has 2 rings (SSSR count). The Morgan fingerprint density at radius 1 is 1.19 bits per heavy atom. The van der Waals surface area contributed by atoms with Gasteiger partial charge in [0.25, 0.3) is 5.69 Å². The molecule has 0 aliphatic heterocycles. The second-order valence-corrected chi connectivity index (χ2v) is 4.19. The standard InChI is InChI=1S/C13H10F3N3O2/c14-13(15,16)11-7-10(19(20)21)1-2-12(11)18-8-9-3-5-17-6-4-9/h1-7,18H,8H2. The molecule has 0 saturated carbocycles. The molecule has 0 aliphatic rings. The van der Waals surface area contributed by atoms with Gasteiger partial charge < -0.3 is 5.32 Å². The molecule has 8 heteroatoms. The SMILES string of the molecule is O=[N+]([O-])c1ccc(NCc2ccncc2)c(C(F)(F)F)c1. The van der Waals surface area contributed by atoms with Gasteiger partial charge in [0.2, 0.25) is 0 Å². The van der Waals surface area contributed by atoms with Gasteiger partial charge in [-0.25, -0.2) is 0 Å². The first kappa shape index (κ1) is 14.8. The van der Waals surface area contributed by atoms with E-state index in [1.807, 2.05) is 0 Å². The van der Waals surface area contributed by atoms with Gasteiger partial charge in [-0.1, -0.05) is 0 Å². The highest BCUT2D eigenvalue weighted by Crippen LogP contribution is 2.37. The predicted octanol–water partition coefficient (Wildman–Crippen LogP) is 3.62. The van der Waals surface area contributed by atoms with Gasteiger partial charge >= 0.3 is 6.18 Å². The second kappa shape index (κ2) is 5.78. The number of non-ortho nitro benzene ring substituents is 1. The molecule has 0 aliphatic carbocycles. The predicted molar refractivity (Wildman–Crippen MR) is 69.7 cm³/mol. The topological polar surface area (TPSA) is 68.1 Å². The summed E-state index contributed by atoms with van der Waals surface area (Å²) in [6.45, 7) is 0.156. The fraction of sp³-hybridized carbons (Fsp3) is 0.154. The summed E-state index contributed by atoms with van der Waals surface area (Å²) in [7, 11) is 0. The van der Waals surface area contributed by atoms with E-state index in [0.717, 1.165) is 17.7 Å². The zero-order valence-corrected chi connectivity index (χ0v) is 10.6. The third-order valence-electron chi connectivity index (χ3n) is 2.75. The highest BCUT2D eigenvalue weighted by Gasteiger charge is 2.35. The summed E-state index contributed by atoms with van der Waals surface area (Å²) in [4.78, 5) is 13.5. The number of rotatable bonds is 4. The summed E-state index contributed by atoms with van der Waals surface area (Å²) in [6.07, 6.45) is -1.62. The maximum absolute atomic E-state index is 12.9. The van der Waals surface area contributed by atoms with Gasteiger partial charge in [0.05, 0.1) is 10.5 Å². The summed E-state index contributed by atoms with van der Waals surface area (Å²) >= 11 is 0. The fourth-order valence-electron chi connectivity index (χ4n) is 1.73. The monoisotopic (exact) mass is 297 g/mol. The largest absolute Gasteiger partial charge is 0.418 e. The summed E-state index contributed by atoms with van der Waals surface area (Å²) in [5.41, 5.74) is -1.12. The number of benzene rings is 1. The lowest BCUT2D eigenvalue weighted by atomic mass is 10.1. The van der Waals surface area contributed by atoms with Gasteiger partial charge in [-0.05, 0) is 23.8 Å². The van der Waals surface area contributed by atoms with Gasteiger partial charge in [0.1, 0.15) is 0 Å². The van der Waals surface area contributed by atoms with Crippen molar-refractivity contribution in [2.75, 3.05) is 5.32 Å². The molecular formula is C13H10F3N3O2. The quantitative estimate of drug-likeness (QED) is 0.691. The van der Waals surface area contributed by atoms with E-state index in [1.165, 1.54) is 12.4 Å². The van der Waals surface area contributed by atoms with Crippen LogP contribution >= 0.6 is 0 Å². The Morgan fingerprint density at radius 2 is 1.86 bits per heavy atom. The average Bonchev–Trinajstić information content (AvgIpc) is 2.45. The van der Waals surface area contributed by atoms with Crippen LogP contribution in [-0.4, -0.2) is 9.91 Å². The van der Waals surface area contributed by atoms with Crippen molar-refractivity contribution in [3.8, 4) is 0 Å². The number of nitrogens with zero attached hydrogens (tertiary/aromatic N) is 2. The van der Waals surface area contributed by atoms with Crippen LogP contribution in [0.15, 0.2) is 42.7 Å². The van der Waals surface area contributed by atoms with E-state index in [0.29, 0.717) is 6.07 Å². The number of hydrogen-bond donors (Lipinski definition) is 1. The minimum Gasteiger partial charge on any atom is -0.380 e. The molecule has 0 amide bonds. The van der Waals surface area contributed by atoms with Crippen molar-refractivity contribution in [3.05, 3.63) is 64.0 Å². The Labute approximate surface area is 117 Å². The number of nitro groups is 1. The second-order valence-electron chi connectivity index (χ2n) is 4.19. The maximum atomic E-state index is 12.9. The van der Waals surface area contributed by atoms with E-state index in [9.17, 15) is 23.3 Å². The van der Waals surface area contributed by atoms with Crippen molar-refractivity contribution >= 4 is 11.4 Å². The molecule has 110 valence electrons. The normalized spacial score (nSPS) is 11.2. The third-order valence-corrected chi connectivity index (χ3v) is 2.75. The molecule has 1 aromatic carbocycles. The number of pyridine rings is 1. The van der Waals surface area contributed by atoms with E-state index < -0.39 is 22.4 Å². The molecule has 0 saturated heterocycles. The van der Waals surface area contributed by atoms with Crippen molar-refractivity contribution in [1.29, 1.82) is 0 Å². The molecule has 1 aromatic heterocycles. The first-order chi connectivity index (χ1) is 9.88. The van der Waals surface area contributed by atoms with Crippen LogP contribution in [0.2, 0.25) is 0 Å². The Morgan fingerprint density at radius 3 is 2.43 bits per heavy atom. The van der Waals surface area contributed by atoms with Crippen LogP contribution < -0.4 is 5.32 Å². The van der Waals surface area contributed by atoms with E-state index in [4.69, 9.17) is 0 Å². The van der Waals surface area contributed by atoms with Gasteiger partial charge in [0.15, 0.2) is 0 Å². The summed E-state index contributed by atoms with van der Waals surface area (Å²) in [6, 6.07) is 5.93. The summed E-state index contributed by atoms with van der Waals surface area (Å²) < 4.78 is 38.8. The van der Waals surface area contributed by atoms with Gasteiger partial charge in [-0.2, -0.15) is 13.2 Å². The molecule has 0 unspecified atom stereocenters. The first-order valence-electron chi connectivity index (χ1n) is 5.86. The van der Waals surface area contributed by atoms with Crippen LogP contribution in [0.25, 0.3) is 0 Å². The number of hydrogen-bond acceptors (Lipinski definition) is 4. The smallest absolute Gasteiger partial charge is 0.380 e. The molecule has 1 heterocycles. The van der Waals surface area contributed by atoms with Crippen molar-refractivity contribution in [1.82, 2.24) is 4.98 Å². The van der Waals surface area contributed by atoms with E-state index in [2.05, 4.69) is 10.3 Å². The van der Waals surface area contributed by atoms with Crippen molar-refractivity contribution < 1.29 is 18.1 Å². The third kappa shape index (κ3) is 3.68. The lowest BCUT2D eigenvalue weighted by Crippen LogP contribution is -2.11. The van der Waals surface area contributed by atoms with Crippen molar-refractivity contribution in [2.24, 2.45) is 0 Å². The molecule has 0 radical (unpaired) electrons. The zero-order chi connectivity index (χ0) is 15.5. The highest BCUT2D eigenvalue weighted by molar-refractivity contribution is 5.57. The fourth-order valence-corrected chi connectivity index (χ4v) is 1.73. The number of aromatic nitrogens is 1. The first-order valence-corrected chi connectivity index (χ1v) is 5.86. The van der Waals surface area contributed by atoms with Crippen molar-refractivity contribution in [2.45, 2.75) is 12.7 Å². The summed E-state index contributed by atoms with van der Waals surface area (Å²) in [5.74, 6) is 0. The van der Waals surface area contributed by atoms with E-state index in [1.54, 1.807) is 12.1 Å². The number of anilines is 1. The Kier molecular flexibility index (Phi) is 4.06. The van der Waals surface area contributed by atoms with Gasteiger partial charge in [-0.15, -0.1) is 0 Å². The number of nitrogens with one attached hydrogen (secondary N) is 1. The average molecular weight is 297 g/mol. The molecule has 5 nitrogen and oxygen atoms in total. The number of nitro benzene ring substituents is 1. The summed E-state index contributed by atoms with van der Waals surface area (Å²) in [5, 5.41) is 13.2. The lowest BCUT2D eigenvalue weighted by molar-refractivity contribution is -0.385. The highest BCUT2D eigenvalue weighted by atomic mass is 19.4. The Bertz CT molecular complexity index is 645. The Hall–Kier alpha value is -2.64. The van der Waals surface area contributed by atoms with Crippen LogP contribution in [0.1, 0.15) is 11.1 Å². The van der Waals surface area contributed by atoms with Gasteiger partial charge in [0, 0.05) is 36.8 Å². The molecule has 21 heavy (non-hydrogen) atoms. The molecule has 0 fully saturated rings. The van der Waals surface area contributed by atoms with E-state index in [-0.39, 0.29) is 12.2 Å². The molecule has 0 atom stereocenters. The van der Waals surface area contributed by atoms with Crippen LogP contribution in [0.4, 0.5) is 24.5 Å². The minimum atomic E-state index is -4.67. The van der Waals surface area contributed by atoms with Crippen LogP contribution in [-0.2, 0) is 12.7 Å². The zero-order valence-electron chi connectivity index (χ0n) is 10.6. The number of halogens is 3. The molecule has 0 bridgehead atoms. The molecule has 0 spiro atoms. The maximum Gasteiger partial charge on any atom is 0.418 e. The van der Waals surface area contributed by atoms with Crippen LogP contribution in [0, 0.1) is 10.1 Å². The van der Waals surface area contributed by atoms with Gasteiger partial charge in [-0.3, -0.25) is 15.1 Å². The van der Waals surface area contributed by atoms with Crippen molar-refractivity contribution in [3.63, 3.8) is 0 Å². The molecule has 2 aromatic rings. The van der Waals surface area contributed by atoms with Crippen LogP contribution in [0.5, 0.6) is 0 Å². The van der Waals surface area contributed by atoms with E-state index >= 15 is 0 Å². The number of alkyl halides is 3. The minimum absolute atomic E-state index is 0.156. The van der Waals surface area contributed by atoms with Crippen LogP contribution in [0.3, 0.4) is 0 Å².